The van der Waals surface area contributed by atoms with Gasteiger partial charge in [-0.05, 0) is 110 Å². The Morgan fingerprint density at radius 2 is 1.73 bits per heavy atom. The van der Waals surface area contributed by atoms with Crippen LogP contribution in [0.1, 0.15) is 111 Å². The lowest BCUT2D eigenvalue weighted by atomic mass is 9.47. The van der Waals surface area contributed by atoms with Crippen molar-refractivity contribution >= 4 is 16.1 Å². The van der Waals surface area contributed by atoms with Crippen LogP contribution in [0.2, 0.25) is 0 Å². The average molecular weight is 584 g/mol. The molecule has 41 heavy (non-hydrogen) atoms. The molecule has 1 aromatic rings. The van der Waals surface area contributed by atoms with E-state index in [0.717, 1.165) is 60.8 Å². The normalized spacial score (nSPS) is 35.6. The molecule has 3 saturated carbocycles. The Hall–Kier alpha value is -1.82. The predicted octanol–water partition coefficient (Wildman–Crippen LogP) is 8.82. The lowest BCUT2D eigenvalue weighted by Crippen LogP contribution is -2.51. The zero-order chi connectivity index (χ0) is 29.6. The molecule has 0 radical (unpaired) electrons. The van der Waals surface area contributed by atoms with Gasteiger partial charge < -0.3 is 4.74 Å². The highest BCUT2D eigenvalue weighted by Crippen LogP contribution is 2.67. The quantitative estimate of drug-likeness (QED) is 0.310. The molecule has 0 aliphatic heterocycles. The maximum Gasteiger partial charge on any atom is 0.421 e. The number of sulfonamides is 1. The van der Waals surface area contributed by atoms with Gasteiger partial charge in [0.15, 0.2) is 0 Å². The van der Waals surface area contributed by atoms with Crippen molar-refractivity contribution in [1.29, 1.82) is 0 Å². The maximum atomic E-state index is 12.7. The molecule has 0 bridgehead atoms. The molecule has 1 amide bonds. The van der Waals surface area contributed by atoms with Crippen LogP contribution in [0, 0.1) is 53.3 Å². The summed E-state index contributed by atoms with van der Waals surface area (Å²) in [6, 6.07) is 6.46. The van der Waals surface area contributed by atoms with Gasteiger partial charge >= 0.3 is 6.09 Å². The molecule has 0 heterocycles. The Balaban J connectivity index is 1.21. The number of nitrogens with one attached hydrogen (secondary N) is 1. The van der Waals surface area contributed by atoms with Crippen molar-refractivity contribution in [2.45, 2.75) is 123 Å². The van der Waals surface area contributed by atoms with E-state index in [2.05, 4.69) is 45.4 Å². The minimum absolute atomic E-state index is 0.0701. The summed E-state index contributed by atoms with van der Waals surface area (Å²) in [6.45, 7) is 14.2. The van der Waals surface area contributed by atoms with Crippen LogP contribution in [0.25, 0.3) is 0 Å². The van der Waals surface area contributed by atoms with E-state index in [1.54, 1.807) is 12.1 Å². The van der Waals surface area contributed by atoms with Gasteiger partial charge in [-0.25, -0.2) is 17.9 Å². The van der Waals surface area contributed by atoms with E-state index in [-0.39, 0.29) is 16.4 Å². The molecule has 0 spiro atoms. The van der Waals surface area contributed by atoms with Crippen LogP contribution in [-0.4, -0.2) is 20.6 Å². The number of carbonyl (C=O) groups is 1. The zero-order valence-corrected chi connectivity index (χ0v) is 27.1. The topological polar surface area (TPSA) is 72.5 Å². The summed E-state index contributed by atoms with van der Waals surface area (Å²) in [5.41, 5.74) is 3.03. The van der Waals surface area contributed by atoms with E-state index in [1.165, 1.54) is 62.7 Å². The Labute approximate surface area is 249 Å². The van der Waals surface area contributed by atoms with E-state index in [4.69, 9.17) is 4.74 Å². The number of hydrogen-bond acceptors (Lipinski definition) is 4. The van der Waals surface area contributed by atoms with Gasteiger partial charge in [0.1, 0.15) is 6.10 Å². The fourth-order valence-corrected chi connectivity index (χ4v) is 10.7. The molecule has 8 atom stereocenters. The summed E-state index contributed by atoms with van der Waals surface area (Å²) >= 11 is 0. The highest BCUT2D eigenvalue weighted by atomic mass is 32.2. The summed E-state index contributed by atoms with van der Waals surface area (Å²) in [4.78, 5) is 12.7. The maximum absolute atomic E-state index is 12.7. The van der Waals surface area contributed by atoms with Crippen LogP contribution in [0.15, 0.2) is 40.8 Å². The Bertz CT molecular complexity index is 1240. The Kier molecular flexibility index (Phi) is 8.74. The molecule has 228 valence electrons. The molecule has 4 aliphatic carbocycles. The summed E-state index contributed by atoms with van der Waals surface area (Å²) in [5.74, 6) is 4.76. The number of amides is 1. The van der Waals surface area contributed by atoms with Crippen molar-refractivity contribution in [3.63, 3.8) is 0 Å². The van der Waals surface area contributed by atoms with E-state index >= 15 is 0 Å². The molecule has 3 fully saturated rings. The zero-order valence-electron chi connectivity index (χ0n) is 26.2. The first-order chi connectivity index (χ1) is 19.3. The van der Waals surface area contributed by atoms with Crippen LogP contribution in [0.4, 0.5) is 4.79 Å². The summed E-state index contributed by atoms with van der Waals surface area (Å²) in [6.07, 6.45) is 14.5. The lowest BCUT2D eigenvalue weighted by Gasteiger charge is -2.58. The van der Waals surface area contributed by atoms with Crippen LogP contribution < -0.4 is 4.72 Å². The van der Waals surface area contributed by atoms with Crippen molar-refractivity contribution < 1.29 is 17.9 Å². The van der Waals surface area contributed by atoms with Gasteiger partial charge in [-0.15, -0.1) is 0 Å². The van der Waals surface area contributed by atoms with Gasteiger partial charge in [0.2, 0.25) is 0 Å². The number of benzene rings is 1. The molecule has 4 aliphatic rings. The van der Waals surface area contributed by atoms with Crippen molar-refractivity contribution in [2.75, 3.05) is 0 Å². The minimum Gasteiger partial charge on any atom is -0.445 e. The first-order valence-corrected chi connectivity index (χ1v) is 17.8. The van der Waals surface area contributed by atoms with E-state index in [0.29, 0.717) is 11.3 Å². The standard InChI is InChI=1S/C35H53NO4S/c1-23(2)8-7-9-25(4)30-16-17-31-29-15-12-26-22-27(18-20-34(26,5)32(29)19-21-35(30,31)6)40-33(37)36-41(38,39)28-13-10-24(3)11-14-28/h10-14,23,25,27,29-32H,7-9,15-22H2,1-6H3,(H,36,37)/t25-,27-,29-,30+,31-,32-,34-,35+/m0/s1. The highest BCUT2D eigenvalue weighted by molar-refractivity contribution is 7.90. The molecule has 0 saturated heterocycles. The Morgan fingerprint density at radius 1 is 1.00 bits per heavy atom. The van der Waals surface area contributed by atoms with Crippen molar-refractivity contribution in [2.24, 2.45) is 46.3 Å². The van der Waals surface area contributed by atoms with Gasteiger partial charge in [-0.3, -0.25) is 0 Å². The van der Waals surface area contributed by atoms with Crippen LogP contribution in [0.5, 0.6) is 0 Å². The molecule has 5 nitrogen and oxygen atoms in total. The summed E-state index contributed by atoms with van der Waals surface area (Å²) in [5, 5.41) is 0. The number of aryl methyl sites for hydroxylation is 1. The third-order valence-corrected chi connectivity index (χ3v) is 13.4. The molecule has 5 rings (SSSR count). The number of hydrogen-bond donors (Lipinski definition) is 1. The van der Waals surface area contributed by atoms with E-state index in [1.807, 2.05) is 6.92 Å². The Morgan fingerprint density at radius 3 is 2.44 bits per heavy atom. The van der Waals surface area contributed by atoms with E-state index < -0.39 is 16.1 Å². The van der Waals surface area contributed by atoms with Crippen LogP contribution in [-0.2, 0) is 14.8 Å². The van der Waals surface area contributed by atoms with Crippen molar-refractivity contribution in [3.8, 4) is 0 Å². The number of carbonyl (C=O) groups excluding carboxylic acids is 1. The van der Waals surface area contributed by atoms with Gasteiger partial charge in [-0.2, -0.15) is 0 Å². The summed E-state index contributed by atoms with van der Waals surface area (Å²) in [7, 11) is -3.95. The lowest BCUT2D eigenvalue weighted by molar-refractivity contribution is -0.0579. The van der Waals surface area contributed by atoms with E-state index in [9.17, 15) is 13.2 Å². The van der Waals surface area contributed by atoms with Gasteiger partial charge in [-0.1, -0.05) is 83.2 Å². The first-order valence-electron chi connectivity index (χ1n) is 16.3. The molecule has 1 aromatic carbocycles. The number of rotatable bonds is 8. The minimum atomic E-state index is -3.95. The van der Waals surface area contributed by atoms with Crippen molar-refractivity contribution in [1.82, 2.24) is 4.72 Å². The molecule has 0 aromatic heterocycles. The molecule has 0 unspecified atom stereocenters. The number of allylic oxidation sites excluding steroid dienone is 1. The monoisotopic (exact) mass is 583 g/mol. The second kappa shape index (κ2) is 11.7. The first kappa shape index (κ1) is 30.6. The smallest absolute Gasteiger partial charge is 0.421 e. The van der Waals surface area contributed by atoms with Gasteiger partial charge in [0.25, 0.3) is 10.0 Å². The van der Waals surface area contributed by atoms with Crippen molar-refractivity contribution in [3.05, 3.63) is 41.5 Å². The summed E-state index contributed by atoms with van der Waals surface area (Å²) < 4.78 is 33.2. The predicted molar refractivity (Wildman–Crippen MR) is 165 cm³/mol. The molecule has 6 heteroatoms. The number of fused-ring (bicyclic) bond motifs is 5. The average Bonchev–Trinajstić information content (AvgIpc) is 3.26. The largest absolute Gasteiger partial charge is 0.445 e. The second-order valence-electron chi connectivity index (χ2n) is 15.0. The molecular formula is C35H53NO4S. The highest BCUT2D eigenvalue weighted by Gasteiger charge is 2.59. The second-order valence-corrected chi connectivity index (χ2v) is 16.7. The molecule has 1 N–H and O–H groups in total. The fourth-order valence-electron chi connectivity index (χ4n) is 9.81. The van der Waals surface area contributed by atoms with Crippen LogP contribution in [0.3, 0.4) is 0 Å². The third-order valence-electron chi connectivity index (χ3n) is 12.1. The van der Waals surface area contributed by atoms with Gasteiger partial charge in [0, 0.05) is 6.42 Å². The number of ether oxygens (including phenoxy) is 1. The SMILES string of the molecule is Cc1ccc(S(=O)(=O)NC(=O)O[C@H]2CC[C@@]3(C)C(=CC[C@H]4[C@@H]5CC[C@H]([C@@H](C)CCCC(C)C)[C@@]5(C)CC[C@@H]43)C2)cc1. The third kappa shape index (κ3) is 6.01. The molecular weight excluding hydrogens is 530 g/mol. The van der Waals surface area contributed by atoms with Gasteiger partial charge in [0.05, 0.1) is 4.90 Å². The van der Waals surface area contributed by atoms with Crippen LogP contribution >= 0.6 is 0 Å². The fraction of sp³-hybridized carbons (Fsp3) is 0.743.